The summed E-state index contributed by atoms with van der Waals surface area (Å²) in [5, 5.41) is 17.8. The molecule has 0 saturated heterocycles. The lowest BCUT2D eigenvalue weighted by atomic mass is 10.1. The molecule has 0 fully saturated rings. The van der Waals surface area contributed by atoms with Crippen LogP contribution in [0, 0.1) is 0 Å². The number of anilines is 1. The highest BCUT2D eigenvalue weighted by atomic mass is 19.3. The van der Waals surface area contributed by atoms with Crippen LogP contribution in [-0.2, 0) is 11.3 Å². The van der Waals surface area contributed by atoms with Crippen LogP contribution >= 0.6 is 0 Å². The van der Waals surface area contributed by atoms with E-state index in [4.69, 9.17) is 4.42 Å². The van der Waals surface area contributed by atoms with Gasteiger partial charge in [-0.05, 0) is 43.7 Å². The fourth-order valence-electron chi connectivity index (χ4n) is 2.92. The maximum absolute atomic E-state index is 13.8. The van der Waals surface area contributed by atoms with E-state index >= 15 is 0 Å². The average molecular weight is 456 g/mol. The van der Waals surface area contributed by atoms with Crippen molar-refractivity contribution < 1.29 is 22.4 Å². The van der Waals surface area contributed by atoms with Crippen molar-refractivity contribution in [1.82, 2.24) is 25.2 Å². The molecule has 0 spiro atoms. The number of halogens is 3. The van der Waals surface area contributed by atoms with Gasteiger partial charge in [-0.2, -0.15) is 8.78 Å². The molecule has 0 aliphatic carbocycles. The Balaban J connectivity index is 1.45. The van der Waals surface area contributed by atoms with Gasteiger partial charge in [0.2, 0.25) is 5.89 Å². The summed E-state index contributed by atoms with van der Waals surface area (Å²) >= 11 is 0. The van der Waals surface area contributed by atoms with Crippen LogP contribution in [0.2, 0.25) is 0 Å². The summed E-state index contributed by atoms with van der Waals surface area (Å²) in [5.74, 6) is -1.44. The summed E-state index contributed by atoms with van der Waals surface area (Å²) in [6, 6.07) is 13.8. The molecule has 0 radical (unpaired) electrons. The van der Waals surface area contributed by atoms with Crippen molar-refractivity contribution in [3.05, 3.63) is 66.2 Å². The molecule has 0 saturated carbocycles. The molecule has 11 heteroatoms. The molecule has 2 aromatic heterocycles. The predicted octanol–water partition coefficient (Wildman–Crippen LogP) is 4.67. The molecular weight excluding hydrogens is 437 g/mol. The highest BCUT2D eigenvalue weighted by Gasteiger charge is 2.26. The quantitative estimate of drug-likeness (QED) is 0.434. The Morgan fingerprint density at radius 3 is 2.52 bits per heavy atom. The van der Waals surface area contributed by atoms with Gasteiger partial charge in [0.25, 0.3) is 11.8 Å². The molecule has 0 unspecified atom stereocenters. The lowest BCUT2D eigenvalue weighted by molar-refractivity contribution is -0.125. The van der Waals surface area contributed by atoms with Crippen LogP contribution in [0.25, 0.3) is 22.7 Å². The molecule has 0 atom stereocenters. The molecule has 33 heavy (non-hydrogen) atoms. The van der Waals surface area contributed by atoms with E-state index in [-0.39, 0.29) is 5.89 Å². The molecule has 2 aromatic carbocycles. The highest BCUT2D eigenvalue weighted by molar-refractivity contribution is 5.97. The minimum absolute atomic E-state index is 0.0167. The summed E-state index contributed by atoms with van der Waals surface area (Å²) < 4.78 is 45.6. The monoisotopic (exact) mass is 456 g/mol. The molecule has 0 aliphatic rings. The zero-order valence-electron chi connectivity index (χ0n) is 17.7. The molecule has 1 N–H and O–H groups in total. The Morgan fingerprint density at radius 2 is 1.85 bits per heavy atom. The number of rotatable bonds is 7. The second-order valence-electron chi connectivity index (χ2n) is 7.75. The third-order valence-corrected chi connectivity index (χ3v) is 4.67. The SMILES string of the molecule is CC(C)(F)C(=O)Nc1cccc(-c2cn(Cc3ccc(-c4nnc(C(F)F)o4)cc3)nn2)c1. The Morgan fingerprint density at radius 1 is 1.09 bits per heavy atom. The van der Waals surface area contributed by atoms with E-state index in [1.54, 1.807) is 59.4 Å². The smallest absolute Gasteiger partial charge is 0.314 e. The van der Waals surface area contributed by atoms with Crippen molar-refractivity contribution in [3.8, 4) is 22.7 Å². The van der Waals surface area contributed by atoms with E-state index in [0.717, 1.165) is 5.56 Å². The highest BCUT2D eigenvalue weighted by Crippen LogP contribution is 2.24. The van der Waals surface area contributed by atoms with E-state index in [2.05, 4.69) is 25.8 Å². The van der Waals surface area contributed by atoms with Gasteiger partial charge in [-0.3, -0.25) is 4.79 Å². The minimum atomic E-state index is -2.82. The Hall–Kier alpha value is -4.02. The van der Waals surface area contributed by atoms with Crippen molar-refractivity contribution in [1.29, 1.82) is 0 Å². The Bertz CT molecular complexity index is 1260. The third kappa shape index (κ3) is 5.25. The molecule has 0 aliphatic heterocycles. The molecule has 2 heterocycles. The summed E-state index contributed by atoms with van der Waals surface area (Å²) in [6.45, 7) is 2.78. The number of nitrogens with one attached hydrogen (secondary N) is 1. The van der Waals surface area contributed by atoms with Crippen LogP contribution in [0.4, 0.5) is 18.9 Å². The maximum Gasteiger partial charge on any atom is 0.314 e. The number of alkyl halides is 3. The Labute approximate surface area is 186 Å². The van der Waals surface area contributed by atoms with Crippen molar-refractivity contribution in [3.63, 3.8) is 0 Å². The van der Waals surface area contributed by atoms with Crippen molar-refractivity contribution in [2.45, 2.75) is 32.5 Å². The van der Waals surface area contributed by atoms with Gasteiger partial charge in [-0.25, -0.2) is 9.07 Å². The summed E-state index contributed by atoms with van der Waals surface area (Å²) in [6.07, 6.45) is -1.08. The van der Waals surface area contributed by atoms with Gasteiger partial charge >= 0.3 is 6.43 Å². The number of amides is 1. The molecule has 1 amide bonds. The standard InChI is InChI=1S/C22H19F3N6O2/c1-22(2,25)21(32)26-16-5-3-4-15(10-16)17-12-31(30-27-17)11-13-6-8-14(9-7-13)19-28-29-20(33-19)18(23)24/h3-10,12,18H,11H2,1-2H3,(H,26,32). The number of nitrogens with zero attached hydrogens (tertiary/aromatic N) is 5. The van der Waals surface area contributed by atoms with Gasteiger partial charge < -0.3 is 9.73 Å². The lowest BCUT2D eigenvalue weighted by Crippen LogP contribution is -2.32. The first-order valence-electron chi connectivity index (χ1n) is 9.91. The maximum atomic E-state index is 13.8. The topological polar surface area (TPSA) is 98.7 Å². The molecule has 4 rings (SSSR count). The molecule has 170 valence electrons. The largest absolute Gasteiger partial charge is 0.415 e. The second kappa shape index (κ2) is 8.85. The van der Waals surface area contributed by atoms with Crippen LogP contribution < -0.4 is 5.32 Å². The van der Waals surface area contributed by atoms with Crippen LogP contribution in [0.3, 0.4) is 0 Å². The van der Waals surface area contributed by atoms with Gasteiger partial charge in [0.1, 0.15) is 5.69 Å². The normalized spacial score (nSPS) is 11.7. The summed E-state index contributed by atoms with van der Waals surface area (Å²) in [7, 11) is 0. The van der Waals surface area contributed by atoms with E-state index in [9.17, 15) is 18.0 Å². The van der Waals surface area contributed by atoms with Crippen molar-refractivity contribution >= 4 is 11.6 Å². The lowest BCUT2D eigenvalue weighted by Gasteiger charge is -2.14. The first kappa shape index (κ1) is 22.2. The summed E-state index contributed by atoms with van der Waals surface area (Å²) in [4.78, 5) is 11.9. The third-order valence-electron chi connectivity index (χ3n) is 4.67. The zero-order chi connectivity index (χ0) is 23.6. The van der Waals surface area contributed by atoms with Gasteiger partial charge in [0, 0.05) is 16.8 Å². The zero-order valence-corrected chi connectivity index (χ0v) is 17.7. The van der Waals surface area contributed by atoms with E-state index in [1.165, 1.54) is 13.8 Å². The average Bonchev–Trinajstić information content (AvgIpc) is 3.44. The van der Waals surface area contributed by atoms with Crippen molar-refractivity contribution in [2.24, 2.45) is 0 Å². The molecule has 4 aromatic rings. The van der Waals surface area contributed by atoms with Crippen LogP contribution in [0.5, 0.6) is 0 Å². The van der Waals surface area contributed by atoms with Gasteiger partial charge in [-0.15, -0.1) is 15.3 Å². The van der Waals surface area contributed by atoms with Crippen LogP contribution in [0.1, 0.15) is 31.7 Å². The summed E-state index contributed by atoms with van der Waals surface area (Å²) in [5.41, 5.74) is 1.14. The van der Waals surface area contributed by atoms with E-state index in [1.807, 2.05) is 0 Å². The number of benzene rings is 2. The molecule has 0 bridgehead atoms. The molecular formula is C22H19F3N6O2. The van der Waals surface area contributed by atoms with Crippen molar-refractivity contribution in [2.75, 3.05) is 5.32 Å². The first-order valence-corrected chi connectivity index (χ1v) is 9.91. The number of hydrogen-bond donors (Lipinski definition) is 1. The fourth-order valence-corrected chi connectivity index (χ4v) is 2.92. The Kier molecular flexibility index (Phi) is 5.95. The first-order chi connectivity index (χ1) is 15.7. The number of hydrogen-bond acceptors (Lipinski definition) is 6. The van der Waals surface area contributed by atoms with Gasteiger partial charge in [0.15, 0.2) is 5.67 Å². The fraction of sp³-hybridized carbons (Fsp3) is 0.227. The minimum Gasteiger partial charge on any atom is -0.415 e. The van der Waals surface area contributed by atoms with Gasteiger partial charge in [-0.1, -0.05) is 29.5 Å². The van der Waals surface area contributed by atoms with E-state index in [0.29, 0.717) is 29.1 Å². The second-order valence-corrected chi connectivity index (χ2v) is 7.75. The molecule has 8 nitrogen and oxygen atoms in total. The van der Waals surface area contributed by atoms with Crippen LogP contribution in [-0.4, -0.2) is 36.8 Å². The number of carbonyl (C=O) groups excluding carboxylic acids is 1. The predicted molar refractivity (Wildman–Crippen MR) is 113 cm³/mol. The number of aromatic nitrogens is 5. The number of carbonyl (C=O) groups is 1. The van der Waals surface area contributed by atoms with Crippen LogP contribution in [0.15, 0.2) is 59.1 Å². The van der Waals surface area contributed by atoms with Gasteiger partial charge in [0.05, 0.1) is 12.7 Å². The van der Waals surface area contributed by atoms with E-state index < -0.39 is 23.9 Å².